The van der Waals surface area contributed by atoms with Gasteiger partial charge >= 0.3 is 5.97 Å². The number of ether oxygens (including phenoxy) is 1. The Morgan fingerprint density at radius 3 is 2.69 bits per heavy atom. The summed E-state index contributed by atoms with van der Waals surface area (Å²) >= 11 is 0. The molecule has 1 aromatic rings. The van der Waals surface area contributed by atoms with Gasteiger partial charge in [-0.15, -0.1) is 5.10 Å². The number of carbonyl (C=O) groups excluding carboxylic acids is 2. The van der Waals surface area contributed by atoms with E-state index in [1.165, 1.54) is 12.8 Å². The van der Waals surface area contributed by atoms with E-state index in [0.717, 1.165) is 38.2 Å². The lowest BCUT2D eigenvalue weighted by Gasteiger charge is -2.35. The van der Waals surface area contributed by atoms with Gasteiger partial charge < -0.3 is 9.64 Å². The number of nitrogens with zero attached hydrogens (tertiary/aromatic N) is 6. The summed E-state index contributed by atoms with van der Waals surface area (Å²) in [6.45, 7) is 5.73. The summed E-state index contributed by atoms with van der Waals surface area (Å²) in [5.41, 5.74) is 0. The first-order valence-electron chi connectivity index (χ1n) is 9.60. The third-order valence-corrected chi connectivity index (χ3v) is 5.11. The molecule has 0 radical (unpaired) electrons. The van der Waals surface area contributed by atoms with Crippen molar-refractivity contribution < 1.29 is 14.3 Å². The maximum absolute atomic E-state index is 12.8. The van der Waals surface area contributed by atoms with E-state index in [9.17, 15) is 9.59 Å². The van der Waals surface area contributed by atoms with Gasteiger partial charge in [-0.1, -0.05) is 0 Å². The molecule has 1 aromatic heterocycles. The molecule has 0 aliphatic carbocycles. The van der Waals surface area contributed by atoms with Gasteiger partial charge in [0, 0.05) is 12.6 Å². The zero-order valence-electron chi connectivity index (χ0n) is 15.5. The second-order valence-corrected chi connectivity index (χ2v) is 6.98. The van der Waals surface area contributed by atoms with E-state index in [0.29, 0.717) is 19.7 Å². The first kappa shape index (κ1) is 18.8. The summed E-state index contributed by atoms with van der Waals surface area (Å²) in [5, 5.41) is 11.8. The highest BCUT2D eigenvalue weighted by Crippen LogP contribution is 2.21. The summed E-state index contributed by atoms with van der Waals surface area (Å²) in [6, 6.07) is -0.0891. The van der Waals surface area contributed by atoms with E-state index in [-0.39, 0.29) is 30.9 Å². The van der Waals surface area contributed by atoms with Crippen molar-refractivity contribution in [2.24, 2.45) is 0 Å². The minimum atomic E-state index is -0.241. The van der Waals surface area contributed by atoms with Gasteiger partial charge in [-0.25, -0.2) is 4.68 Å². The molecule has 3 heterocycles. The van der Waals surface area contributed by atoms with E-state index in [1.54, 1.807) is 11.6 Å². The molecule has 2 aliphatic rings. The Bertz CT molecular complexity index is 613. The van der Waals surface area contributed by atoms with Crippen LogP contribution in [0.15, 0.2) is 0 Å². The van der Waals surface area contributed by atoms with Crippen LogP contribution >= 0.6 is 0 Å². The lowest BCUT2D eigenvalue weighted by molar-refractivity contribution is -0.146. The van der Waals surface area contributed by atoms with Crippen molar-refractivity contribution in [1.82, 2.24) is 30.0 Å². The van der Waals surface area contributed by atoms with Crippen LogP contribution in [0.2, 0.25) is 0 Å². The van der Waals surface area contributed by atoms with Crippen LogP contribution in [0.5, 0.6) is 0 Å². The molecule has 0 bridgehead atoms. The summed E-state index contributed by atoms with van der Waals surface area (Å²) in [4.78, 5) is 28.8. The highest BCUT2D eigenvalue weighted by atomic mass is 16.5. The van der Waals surface area contributed by atoms with Crippen LogP contribution in [0, 0.1) is 0 Å². The quantitative estimate of drug-likeness (QED) is 0.654. The normalized spacial score (nSPS) is 21.1. The Hall–Kier alpha value is -2.03. The van der Waals surface area contributed by atoms with Crippen LogP contribution in [0.1, 0.15) is 51.3 Å². The summed E-state index contributed by atoms with van der Waals surface area (Å²) in [5.74, 6) is 0.447. The van der Waals surface area contributed by atoms with Crippen molar-refractivity contribution in [2.45, 2.75) is 64.6 Å². The third-order valence-electron chi connectivity index (χ3n) is 5.11. The van der Waals surface area contributed by atoms with Crippen LogP contribution in [-0.4, -0.2) is 74.2 Å². The van der Waals surface area contributed by atoms with Crippen LogP contribution < -0.4 is 0 Å². The van der Waals surface area contributed by atoms with Gasteiger partial charge in [0.1, 0.15) is 6.54 Å². The van der Waals surface area contributed by atoms with Crippen molar-refractivity contribution in [3.63, 3.8) is 0 Å². The fourth-order valence-corrected chi connectivity index (χ4v) is 3.77. The van der Waals surface area contributed by atoms with Crippen molar-refractivity contribution in [1.29, 1.82) is 0 Å². The molecule has 2 aliphatic heterocycles. The predicted molar refractivity (Wildman–Crippen MR) is 92.9 cm³/mol. The Kier molecular flexibility index (Phi) is 6.54. The molecule has 2 fully saturated rings. The molecule has 0 N–H and O–H groups in total. The SMILES string of the molecule is CCOC(=O)C[C@@H]1CCCCN1C(=O)Cn1nnnc1CN1CCCC1. The lowest BCUT2D eigenvalue weighted by Crippen LogP contribution is -2.46. The van der Waals surface area contributed by atoms with E-state index in [2.05, 4.69) is 20.4 Å². The molecule has 1 amide bonds. The number of esters is 1. The number of hydrogen-bond acceptors (Lipinski definition) is 7. The molecule has 0 unspecified atom stereocenters. The molecule has 0 saturated carbocycles. The highest BCUT2D eigenvalue weighted by molar-refractivity contribution is 5.78. The number of aromatic nitrogens is 4. The number of piperidine rings is 1. The maximum Gasteiger partial charge on any atom is 0.307 e. The van der Waals surface area contributed by atoms with Crippen LogP contribution in [-0.2, 0) is 27.4 Å². The second kappa shape index (κ2) is 9.07. The molecular weight excluding hydrogens is 336 g/mol. The zero-order chi connectivity index (χ0) is 18.4. The Balaban J connectivity index is 1.60. The summed E-state index contributed by atoms with van der Waals surface area (Å²) < 4.78 is 6.65. The zero-order valence-corrected chi connectivity index (χ0v) is 15.5. The fraction of sp³-hybridized carbons (Fsp3) is 0.824. The van der Waals surface area contributed by atoms with Gasteiger partial charge in [-0.05, 0) is 62.5 Å². The van der Waals surface area contributed by atoms with Crippen LogP contribution in [0.4, 0.5) is 0 Å². The number of rotatable bonds is 7. The second-order valence-electron chi connectivity index (χ2n) is 6.98. The summed E-state index contributed by atoms with van der Waals surface area (Å²) in [7, 11) is 0. The standard InChI is InChI=1S/C17H28N6O3/c1-2-26-17(25)11-14-7-3-4-10-22(14)16(24)13-23-15(18-19-20-23)12-21-8-5-6-9-21/h14H,2-13H2,1H3/t14-/m0/s1. The fourth-order valence-electron chi connectivity index (χ4n) is 3.77. The van der Waals surface area contributed by atoms with Gasteiger partial charge in [0.15, 0.2) is 5.82 Å². The minimum absolute atomic E-state index is 0.0334. The van der Waals surface area contributed by atoms with Gasteiger partial charge in [-0.2, -0.15) is 0 Å². The van der Waals surface area contributed by atoms with Crippen molar-refractivity contribution in [3.05, 3.63) is 5.82 Å². The van der Waals surface area contributed by atoms with Gasteiger partial charge in [0.05, 0.1) is 19.6 Å². The van der Waals surface area contributed by atoms with Crippen LogP contribution in [0.25, 0.3) is 0 Å². The van der Waals surface area contributed by atoms with E-state index in [4.69, 9.17) is 4.74 Å². The van der Waals surface area contributed by atoms with E-state index in [1.807, 2.05) is 4.90 Å². The minimum Gasteiger partial charge on any atom is -0.466 e. The topological polar surface area (TPSA) is 93.5 Å². The average Bonchev–Trinajstić information content (AvgIpc) is 3.28. The number of tetrazole rings is 1. The Labute approximate surface area is 153 Å². The van der Waals surface area contributed by atoms with Crippen molar-refractivity contribution >= 4 is 11.9 Å². The monoisotopic (exact) mass is 364 g/mol. The Morgan fingerprint density at radius 1 is 1.15 bits per heavy atom. The average molecular weight is 364 g/mol. The number of hydrogen-bond donors (Lipinski definition) is 0. The lowest BCUT2D eigenvalue weighted by atomic mass is 9.99. The molecular formula is C17H28N6O3. The third kappa shape index (κ3) is 4.78. The maximum atomic E-state index is 12.8. The molecule has 144 valence electrons. The summed E-state index contributed by atoms with van der Waals surface area (Å²) in [6.07, 6.45) is 5.48. The molecule has 3 rings (SSSR count). The molecule has 2 saturated heterocycles. The predicted octanol–water partition coefficient (Wildman–Crippen LogP) is 0.603. The van der Waals surface area contributed by atoms with Gasteiger partial charge in [-0.3, -0.25) is 14.5 Å². The smallest absolute Gasteiger partial charge is 0.307 e. The molecule has 26 heavy (non-hydrogen) atoms. The van der Waals surface area contributed by atoms with Crippen molar-refractivity contribution in [3.8, 4) is 0 Å². The molecule has 9 nitrogen and oxygen atoms in total. The first-order valence-corrected chi connectivity index (χ1v) is 9.60. The van der Waals surface area contributed by atoms with Gasteiger partial charge in [0.25, 0.3) is 0 Å². The number of carbonyl (C=O) groups is 2. The van der Waals surface area contributed by atoms with Gasteiger partial charge in [0.2, 0.25) is 5.91 Å². The molecule has 0 spiro atoms. The molecule has 9 heteroatoms. The number of amides is 1. The van der Waals surface area contributed by atoms with Crippen molar-refractivity contribution in [2.75, 3.05) is 26.2 Å². The van der Waals surface area contributed by atoms with E-state index >= 15 is 0 Å². The first-order chi connectivity index (χ1) is 12.7. The molecule has 1 atom stereocenters. The number of likely N-dealkylation sites (tertiary alicyclic amines) is 2. The largest absolute Gasteiger partial charge is 0.466 e. The highest BCUT2D eigenvalue weighted by Gasteiger charge is 2.29. The van der Waals surface area contributed by atoms with E-state index < -0.39 is 0 Å². The Morgan fingerprint density at radius 2 is 1.92 bits per heavy atom. The van der Waals surface area contributed by atoms with Crippen LogP contribution in [0.3, 0.4) is 0 Å². The molecule has 0 aromatic carbocycles.